The number of benzene rings is 1. The van der Waals surface area contributed by atoms with Crippen LogP contribution in [0.25, 0.3) is 5.69 Å². The first-order valence-electron chi connectivity index (χ1n) is 11.0. The molecular formula is C23H31N5O4. The van der Waals surface area contributed by atoms with Gasteiger partial charge in [0.25, 0.3) is 5.91 Å². The fourth-order valence-corrected chi connectivity index (χ4v) is 3.64. The third-order valence-electron chi connectivity index (χ3n) is 5.46. The van der Waals surface area contributed by atoms with Gasteiger partial charge in [-0.15, -0.1) is 0 Å². The molecule has 1 saturated heterocycles. The third kappa shape index (κ3) is 5.53. The first-order valence-corrected chi connectivity index (χ1v) is 11.0. The minimum absolute atomic E-state index is 0.0299. The standard InChI is InChI=1S/C23H31N5O4/c1-4-10-24-21(29)16-26-11-13-27(14-12-26)22(30)18-6-8-19(9-7-18)28-17(3)20(15-25-28)23(31)32-5-2/h6-9,15H,4-5,10-14,16H2,1-3H3,(H,24,29). The lowest BCUT2D eigenvalue weighted by atomic mass is 10.1. The van der Waals surface area contributed by atoms with E-state index in [4.69, 9.17) is 4.74 Å². The molecule has 1 fully saturated rings. The van der Waals surface area contributed by atoms with E-state index in [-0.39, 0.29) is 11.8 Å². The molecule has 2 aromatic rings. The van der Waals surface area contributed by atoms with Gasteiger partial charge in [-0.25, -0.2) is 9.48 Å². The molecule has 9 nitrogen and oxygen atoms in total. The van der Waals surface area contributed by atoms with Crippen molar-refractivity contribution in [3.05, 3.63) is 47.3 Å². The van der Waals surface area contributed by atoms with Crippen molar-refractivity contribution in [2.45, 2.75) is 27.2 Å². The lowest BCUT2D eigenvalue weighted by molar-refractivity contribution is -0.122. The lowest BCUT2D eigenvalue weighted by Gasteiger charge is -2.34. The van der Waals surface area contributed by atoms with Gasteiger partial charge in [0.1, 0.15) is 5.56 Å². The number of carbonyl (C=O) groups is 3. The molecule has 2 heterocycles. The summed E-state index contributed by atoms with van der Waals surface area (Å²) in [4.78, 5) is 40.7. The monoisotopic (exact) mass is 441 g/mol. The van der Waals surface area contributed by atoms with Gasteiger partial charge in [-0.3, -0.25) is 14.5 Å². The minimum Gasteiger partial charge on any atom is -0.462 e. The molecule has 172 valence electrons. The van der Waals surface area contributed by atoms with Crippen LogP contribution in [0.4, 0.5) is 0 Å². The van der Waals surface area contributed by atoms with Crippen molar-refractivity contribution < 1.29 is 19.1 Å². The van der Waals surface area contributed by atoms with Crippen molar-refractivity contribution in [2.75, 3.05) is 45.9 Å². The van der Waals surface area contributed by atoms with Gasteiger partial charge >= 0.3 is 5.97 Å². The van der Waals surface area contributed by atoms with E-state index in [2.05, 4.69) is 15.3 Å². The van der Waals surface area contributed by atoms with Crippen molar-refractivity contribution in [3.63, 3.8) is 0 Å². The largest absolute Gasteiger partial charge is 0.462 e. The number of carbonyl (C=O) groups excluding carboxylic acids is 3. The van der Waals surface area contributed by atoms with Crippen molar-refractivity contribution in [1.29, 1.82) is 0 Å². The Balaban J connectivity index is 1.58. The van der Waals surface area contributed by atoms with Crippen LogP contribution in [0.15, 0.2) is 30.5 Å². The quantitative estimate of drug-likeness (QED) is 0.626. The normalized spacial score (nSPS) is 14.3. The number of hydrogen-bond acceptors (Lipinski definition) is 6. The summed E-state index contributed by atoms with van der Waals surface area (Å²) in [5.41, 5.74) is 2.46. The Labute approximate surface area is 188 Å². The number of rotatable bonds is 8. The van der Waals surface area contributed by atoms with Crippen LogP contribution in [-0.2, 0) is 9.53 Å². The van der Waals surface area contributed by atoms with Gasteiger partial charge in [0, 0.05) is 38.3 Å². The summed E-state index contributed by atoms with van der Waals surface area (Å²) in [7, 11) is 0. The first kappa shape index (κ1) is 23.5. The maximum atomic E-state index is 12.9. The highest BCUT2D eigenvalue weighted by Crippen LogP contribution is 2.17. The van der Waals surface area contributed by atoms with E-state index in [9.17, 15) is 14.4 Å². The smallest absolute Gasteiger partial charge is 0.341 e. The molecule has 3 rings (SSSR count). The maximum Gasteiger partial charge on any atom is 0.341 e. The Morgan fingerprint density at radius 2 is 1.75 bits per heavy atom. The van der Waals surface area contributed by atoms with Gasteiger partial charge in [0.05, 0.1) is 30.7 Å². The van der Waals surface area contributed by atoms with Crippen LogP contribution in [-0.4, -0.2) is 83.2 Å². The molecule has 0 saturated carbocycles. The summed E-state index contributed by atoms with van der Waals surface area (Å²) >= 11 is 0. The molecule has 2 amide bonds. The predicted molar refractivity (Wildman–Crippen MR) is 120 cm³/mol. The minimum atomic E-state index is -0.398. The van der Waals surface area contributed by atoms with Crippen LogP contribution in [0.3, 0.4) is 0 Å². The molecule has 0 atom stereocenters. The fraction of sp³-hybridized carbons (Fsp3) is 0.478. The van der Waals surface area contributed by atoms with Crippen LogP contribution in [0.5, 0.6) is 0 Å². The fourth-order valence-electron chi connectivity index (χ4n) is 3.64. The highest BCUT2D eigenvalue weighted by atomic mass is 16.5. The molecule has 1 aliphatic rings. The summed E-state index contributed by atoms with van der Waals surface area (Å²) < 4.78 is 6.71. The summed E-state index contributed by atoms with van der Waals surface area (Å²) in [6, 6.07) is 7.17. The summed E-state index contributed by atoms with van der Waals surface area (Å²) in [5.74, 6) is -0.400. The van der Waals surface area contributed by atoms with Crippen molar-refractivity contribution in [3.8, 4) is 5.69 Å². The molecule has 1 N–H and O–H groups in total. The number of aromatic nitrogens is 2. The van der Waals surface area contributed by atoms with Gasteiger partial charge in [-0.2, -0.15) is 5.10 Å². The van der Waals surface area contributed by atoms with Crippen molar-refractivity contribution in [1.82, 2.24) is 24.9 Å². The Bertz CT molecular complexity index is 946. The number of piperazine rings is 1. The predicted octanol–water partition coefficient (Wildman–Crippen LogP) is 1.64. The zero-order valence-electron chi connectivity index (χ0n) is 19.0. The Hall–Kier alpha value is -3.20. The van der Waals surface area contributed by atoms with Crippen molar-refractivity contribution in [2.24, 2.45) is 0 Å². The van der Waals surface area contributed by atoms with Crippen LogP contribution in [0.2, 0.25) is 0 Å². The molecule has 0 radical (unpaired) electrons. The molecule has 0 spiro atoms. The van der Waals surface area contributed by atoms with E-state index in [1.807, 2.05) is 24.0 Å². The number of ether oxygens (including phenoxy) is 1. The van der Waals surface area contributed by atoms with Gasteiger partial charge in [-0.05, 0) is 44.5 Å². The molecular weight excluding hydrogens is 410 g/mol. The zero-order chi connectivity index (χ0) is 23.1. The second kappa shape index (κ2) is 10.9. The maximum absolute atomic E-state index is 12.9. The van der Waals surface area contributed by atoms with Crippen LogP contribution in [0, 0.1) is 6.92 Å². The third-order valence-corrected chi connectivity index (χ3v) is 5.46. The van der Waals surface area contributed by atoms with Gasteiger partial charge in [-0.1, -0.05) is 6.92 Å². The SMILES string of the molecule is CCCNC(=O)CN1CCN(C(=O)c2ccc(-n3ncc(C(=O)OCC)c3C)cc2)CC1. The van der Waals surface area contributed by atoms with E-state index in [1.54, 1.807) is 30.7 Å². The average Bonchev–Trinajstić information content (AvgIpc) is 3.19. The molecule has 1 aliphatic heterocycles. The van der Waals surface area contributed by atoms with Crippen molar-refractivity contribution >= 4 is 17.8 Å². The Morgan fingerprint density at radius 1 is 1.06 bits per heavy atom. The van der Waals surface area contributed by atoms with Gasteiger partial charge in [0.2, 0.25) is 5.91 Å². The molecule has 0 unspecified atom stereocenters. The number of hydrogen-bond donors (Lipinski definition) is 1. The summed E-state index contributed by atoms with van der Waals surface area (Å²) in [5, 5.41) is 7.17. The summed E-state index contributed by atoms with van der Waals surface area (Å²) in [6.45, 7) is 9.47. The summed E-state index contributed by atoms with van der Waals surface area (Å²) in [6.07, 6.45) is 2.41. The first-order chi connectivity index (χ1) is 15.4. The highest BCUT2D eigenvalue weighted by Gasteiger charge is 2.23. The molecule has 0 bridgehead atoms. The second-order valence-corrected chi connectivity index (χ2v) is 7.74. The van der Waals surface area contributed by atoms with Gasteiger partial charge in [0.15, 0.2) is 0 Å². The Kier molecular flexibility index (Phi) is 7.99. The zero-order valence-corrected chi connectivity index (χ0v) is 19.0. The number of nitrogens with one attached hydrogen (secondary N) is 1. The number of esters is 1. The van der Waals surface area contributed by atoms with Gasteiger partial charge < -0.3 is 15.0 Å². The molecule has 9 heteroatoms. The second-order valence-electron chi connectivity index (χ2n) is 7.74. The molecule has 32 heavy (non-hydrogen) atoms. The Morgan fingerprint density at radius 3 is 2.38 bits per heavy atom. The van der Waals surface area contributed by atoms with Crippen LogP contribution >= 0.6 is 0 Å². The van der Waals surface area contributed by atoms with E-state index < -0.39 is 5.97 Å². The van der Waals surface area contributed by atoms with Crippen LogP contribution in [0.1, 0.15) is 46.7 Å². The van der Waals surface area contributed by atoms with E-state index in [0.29, 0.717) is 62.7 Å². The molecule has 1 aromatic heterocycles. The highest BCUT2D eigenvalue weighted by molar-refractivity contribution is 5.94. The van der Waals surface area contributed by atoms with E-state index in [1.165, 1.54) is 6.20 Å². The molecule has 1 aromatic carbocycles. The van der Waals surface area contributed by atoms with E-state index in [0.717, 1.165) is 12.1 Å². The topological polar surface area (TPSA) is 96.8 Å². The molecule has 0 aliphatic carbocycles. The van der Waals surface area contributed by atoms with E-state index >= 15 is 0 Å². The number of nitrogens with zero attached hydrogens (tertiary/aromatic N) is 4. The average molecular weight is 442 g/mol. The number of amides is 2. The lowest BCUT2D eigenvalue weighted by Crippen LogP contribution is -2.51. The van der Waals surface area contributed by atoms with Crippen LogP contribution < -0.4 is 5.32 Å².